The molecule has 0 radical (unpaired) electrons. The first-order chi connectivity index (χ1) is 9.69. The van der Waals surface area contributed by atoms with Crippen LogP contribution in [0.15, 0.2) is 52.9 Å². The van der Waals surface area contributed by atoms with Gasteiger partial charge in [-0.2, -0.15) is 0 Å². The lowest BCUT2D eigenvalue weighted by Crippen LogP contribution is -2.18. The SMILES string of the molecule is CNC(c1cc2cc(C)ccc2o1)c1ccccc1I. The van der Waals surface area contributed by atoms with Crippen LogP contribution in [0.25, 0.3) is 11.0 Å². The predicted molar refractivity (Wildman–Crippen MR) is 91.0 cm³/mol. The van der Waals surface area contributed by atoms with Crippen LogP contribution in [0.3, 0.4) is 0 Å². The summed E-state index contributed by atoms with van der Waals surface area (Å²) < 4.78 is 7.26. The Morgan fingerprint density at radius 3 is 2.65 bits per heavy atom. The zero-order valence-electron chi connectivity index (χ0n) is 11.5. The third-order valence-electron chi connectivity index (χ3n) is 3.48. The highest BCUT2D eigenvalue weighted by Crippen LogP contribution is 2.30. The van der Waals surface area contributed by atoms with E-state index in [-0.39, 0.29) is 6.04 Å². The number of aryl methyl sites for hydroxylation is 1. The van der Waals surface area contributed by atoms with Gasteiger partial charge in [0.05, 0.1) is 6.04 Å². The van der Waals surface area contributed by atoms with Gasteiger partial charge in [0.25, 0.3) is 0 Å². The first-order valence-corrected chi connectivity index (χ1v) is 7.68. The van der Waals surface area contributed by atoms with Crippen LogP contribution in [0.1, 0.15) is 22.9 Å². The molecule has 3 aromatic rings. The molecule has 2 aromatic carbocycles. The molecule has 1 aromatic heterocycles. The van der Waals surface area contributed by atoms with Gasteiger partial charge in [-0.15, -0.1) is 0 Å². The van der Waals surface area contributed by atoms with Gasteiger partial charge in [0.15, 0.2) is 0 Å². The molecule has 0 fully saturated rings. The lowest BCUT2D eigenvalue weighted by atomic mass is 10.0. The molecule has 2 nitrogen and oxygen atoms in total. The van der Waals surface area contributed by atoms with Gasteiger partial charge in [-0.1, -0.05) is 29.8 Å². The average molecular weight is 377 g/mol. The molecule has 3 heteroatoms. The predicted octanol–water partition coefficient (Wildman–Crippen LogP) is 4.65. The summed E-state index contributed by atoms with van der Waals surface area (Å²) in [5, 5.41) is 4.51. The van der Waals surface area contributed by atoms with Gasteiger partial charge in [0, 0.05) is 8.96 Å². The standard InChI is InChI=1S/C17H16INO/c1-11-7-8-15-12(9-11)10-16(20-15)17(19-2)13-5-3-4-6-14(13)18/h3-10,17,19H,1-2H3. The summed E-state index contributed by atoms with van der Waals surface area (Å²) in [4.78, 5) is 0. The number of halogens is 1. The molecule has 0 aliphatic heterocycles. The van der Waals surface area contributed by atoms with Crippen molar-refractivity contribution in [3.05, 3.63) is 69.0 Å². The van der Waals surface area contributed by atoms with E-state index in [2.05, 4.69) is 77.3 Å². The van der Waals surface area contributed by atoms with Crippen molar-refractivity contribution in [2.24, 2.45) is 0 Å². The quantitative estimate of drug-likeness (QED) is 0.672. The molecule has 1 unspecified atom stereocenters. The van der Waals surface area contributed by atoms with Crippen molar-refractivity contribution < 1.29 is 4.42 Å². The summed E-state index contributed by atoms with van der Waals surface area (Å²) in [7, 11) is 1.96. The molecular weight excluding hydrogens is 361 g/mol. The zero-order valence-corrected chi connectivity index (χ0v) is 13.6. The Labute approximate surface area is 132 Å². The number of benzene rings is 2. The average Bonchev–Trinajstić information content (AvgIpc) is 2.84. The van der Waals surface area contributed by atoms with Crippen molar-refractivity contribution in [1.82, 2.24) is 5.32 Å². The number of hydrogen-bond acceptors (Lipinski definition) is 2. The van der Waals surface area contributed by atoms with Gasteiger partial charge in [-0.3, -0.25) is 0 Å². The van der Waals surface area contributed by atoms with Crippen molar-refractivity contribution in [3.8, 4) is 0 Å². The highest BCUT2D eigenvalue weighted by Gasteiger charge is 2.18. The molecule has 0 spiro atoms. The van der Waals surface area contributed by atoms with E-state index in [0.29, 0.717) is 0 Å². The largest absolute Gasteiger partial charge is 0.459 e. The maximum atomic E-state index is 6.02. The van der Waals surface area contributed by atoms with Crippen LogP contribution < -0.4 is 5.32 Å². The molecular formula is C17H16INO. The Bertz CT molecular complexity index is 748. The molecule has 1 atom stereocenters. The van der Waals surface area contributed by atoms with Crippen LogP contribution in [0.4, 0.5) is 0 Å². The van der Waals surface area contributed by atoms with Crippen LogP contribution in [0, 0.1) is 10.5 Å². The number of furan rings is 1. The molecule has 0 saturated heterocycles. The number of rotatable bonds is 3. The molecule has 0 aliphatic carbocycles. The first kappa shape index (κ1) is 13.6. The summed E-state index contributed by atoms with van der Waals surface area (Å²) in [5.74, 6) is 0.956. The minimum atomic E-state index is 0.0795. The van der Waals surface area contributed by atoms with E-state index < -0.39 is 0 Å². The van der Waals surface area contributed by atoms with Crippen molar-refractivity contribution >= 4 is 33.6 Å². The van der Waals surface area contributed by atoms with Gasteiger partial charge >= 0.3 is 0 Å². The molecule has 1 N–H and O–H groups in total. The third-order valence-corrected chi connectivity index (χ3v) is 4.46. The second-order valence-electron chi connectivity index (χ2n) is 4.93. The minimum absolute atomic E-state index is 0.0795. The van der Waals surface area contributed by atoms with E-state index >= 15 is 0 Å². The summed E-state index contributed by atoms with van der Waals surface area (Å²) in [6.45, 7) is 2.10. The van der Waals surface area contributed by atoms with Crippen LogP contribution >= 0.6 is 22.6 Å². The third kappa shape index (κ3) is 2.47. The fourth-order valence-electron chi connectivity index (χ4n) is 2.49. The van der Waals surface area contributed by atoms with Crippen molar-refractivity contribution in [1.29, 1.82) is 0 Å². The Morgan fingerprint density at radius 1 is 1.10 bits per heavy atom. The topological polar surface area (TPSA) is 25.2 Å². The van der Waals surface area contributed by atoms with Crippen LogP contribution in [0.2, 0.25) is 0 Å². The summed E-state index contributed by atoms with van der Waals surface area (Å²) >= 11 is 2.37. The molecule has 3 rings (SSSR count). The Balaban J connectivity index is 2.10. The fourth-order valence-corrected chi connectivity index (χ4v) is 3.18. The number of nitrogens with one attached hydrogen (secondary N) is 1. The van der Waals surface area contributed by atoms with E-state index in [1.807, 2.05) is 13.1 Å². The second kappa shape index (κ2) is 5.58. The Hall–Kier alpha value is -1.33. The highest BCUT2D eigenvalue weighted by atomic mass is 127. The maximum Gasteiger partial charge on any atom is 0.134 e. The van der Waals surface area contributed by atoms with E-state index in [1.54, 1.807) is 0 Å². The molecule has 1 heterocycles. The number of hydrogen-bond donors (Lipinski definition) is 1. The van der Waals surface area contributed by atoms with Gasteiger partial charge in [-0.05, 0) is 66.4 Å². The van der Waals surface area contributed by atoms with Crippen LogP contribution in [-0.2, 0) is 0 Å². The molecule has 102 valence electrons. The van der Waals surface area contributed by atoms with Crippen LogP contribution in [-0.4, -0.2) is 7.05 Å². The summed E-state index contributed by atoms with van der Waals surface area (Å²) in [6, 6.07) is 16.9. The smallest absolute Gasteiger partial charge is 0.134 e. The van der Waals surface area contributed by atoms with Crippen molar-refractivity contribution in [2.75, 3.05) is 7.05 Å². The second-order valence-corrected chi connectivity index (χ2v) is 6.10. The summed E-state index contributed by atoms with van der Waals surface area (Å²) in [5.41, 5.74) is 3.43. The normalized spacial score (nSPS) is 12.8. The molecule has 0 aliphatic rings. The van der Waals surface area contributed by atoms with E-state index in [1.165, 1.54) is 14.7 Å². The summed E-state index contributed by atoms with van der Waals surface area (Å²) in [6.07, 6.45) is 0. The molecule has 0 amide bonds. The van der Waals surface area contributed by atoms with Crippen molar-refractivity contribution in [3.63, 3.8) is 0 Å². The van der Waals surface area contributed by atoms with Gasteiger partial charge in [0.2, 0.25) is 0 Å². The Morgan fingerprint density at radius 2 is 1.90 bits per heavy atom. The van der Waals surface area contributed by atoms with Crippen LogP contribution in [0.5, 0.6) is 0 Å². The lowest BCUT2D eigenvalue weighted by molar-refractivity contribution is 0.490. The molecule has 20 heavy (non-hydrogen) atoms. The fraction of sp³-hybridized carbons (Fsp3) is 0.176. The number of fused-ring (bicyclic) bond motifs is 1. The highest BCUT2D eigenvalue weighted by molar-refractivity contribution is 14.1. The monoisotopic (exact) mass is 377 g/mol. The maximum absolute atomic E-state index is 6.02. The molecule has 0 bridgehead atoms. The van der Waals surface area contributed by atoms with Gasteiger partial charge in [-0.25, -0.2) is 0 Å². The van der Waals surface area contributed by atoms with Crippen molar-refractivity contribution in [2.45, 2.75) is 13.0 Å². The van der Waals surface area contributed by atoms with E-state index in [0.717, 1.165) is 16.7 Å². The Kier molecular flexibility index (Phi) is 3.81. The molecule has 0 saturated carbocycles. The van der Waals surface area contributed by atoms with E-state index in [9.17, 15) is 0 Å². The van der Waals surface area contributed by atoms with Gasteiger partial charge < -0.3 is 9.73 Å². The minimum Gasteiger partial charge on any atom is -0.459 e. The lowest BCUT2D eigenvalue weighted by Gasteiger charge is -2.15. The van der Waals surface area contributed by atoms with E-state index in [4.69, 9.17) is 4.42 Å². The zero-order chi connectivity index (χ0) is 14.1. The first-order valence-electron chi connectivity index (χ1n) is 6.61. The van der Waals surface area contributed by atoms with Gasteiger partial charge in [0.1, 0.15) is 11.3 Å².